The Labute approximate surface area is 184 Å². The van der Waals surface area contributed by atoms with E-state index in [9.17, 15) is 17.6 Å². The van der Waals surface area contributed by atoms with Crippen molar-refractivity contribution < 1.29 is 31.8 Å². The monoisotopic (exact) mass is 458 g/mol. The average molecular weight is 458 g/mol. The van der Waals surface area contributed by atoms with E-state index < -0.39 is 28.3 Å². The lowest BCUT2D eigenvalue weighted by Crippen LogP contribution is -2.38. The fourth-order valence-corrected chi connectivity index (χ4v) is 4.56. The Morgan fingerprint density at radius 3 is 2.50 bits per heavy atom. The van der Waals surface area contributed by atoms with Crippen LogP contribution >= 0.6 is 0 Å². The van der Waals surface area contributed by atoms with Crippen LogP contribution in [0.25, 0.3) is 0 Å². The third-order valence-electron chi connectivity index (χ3n) is 4.71. The zero-order valence-electron chi connectivity index (χ0n) is 16.9. The van der Waals surface area contributed by atoms with Crippen LogP contribution < -0.4 is 23.8 Å². The quantitative estimate of drug-likeness (QED) is 0.583. The lowest BCUT2D eigenvalue weighted by Gasteiger charge is -2.24. The van der Waals surface area contributed by atoms with Crippen LogP contribution in [-0.2, 0) is 14.8 Å². The van der Waals surface area contributed by atoms with E-state index in [4.69, 9.17) is 14.2 Å². The first-order valence-corrected chi connectivity index (χ1v) is 10.9. The number of para-hydroxylation sites is 1. The van der Waals surface area contributed by atoms with Gasteiger partial charge >= 0.3 is 0 Å². The number of carbonyl (C=O) groups is 1. The second-order valence-corrected chi connectivity index (χ2v) is 8.62. The highest BCUT2D eigenvalue weighted by Gasteiger charge is 2.29. The smallest absolute Gasteiger partial charge is 0.264 e. The number of sulfonamides is 1. The Hall–Kier alpha value is -3.79. The molecule has 10 heteroatoms. The van der Waals surface area contributed by atoms with Crippen molar-refractivity contribution >= 4 is 27.3 Å². The lowest BCUT2D eigenvalue weighted by atomic mass is 10.2. The minimum absolute atomic E-state index is 0.0773. The molecule has 0 radical (unpaired) electrons. The van der Waals surface area contributed by atoms with Crippen molar-refractivity contribution in [3.8, 4) is 17.2 Å². The molecule has 3 aromatic rings. The zero-order chi connectivity index (χ0) is 22.7. The van der Waals surface area contributed by atoms with E-state index in [2.05, 4.69) is 5.32 Å². The summed E-state index contributed by atoms with van der Waals surface area (Å²) in [5.41, 5.74) is 0.138. The van der Waals surface area contributed by atoms with Crippen LogP contribution in [0.3, 0.4) is 0 Å². The van der Waals surface area contributed by atoms with Crippen LogP contribution in [0, 0.1) is 5.82 Å². The van der Waals surface area contributed by atoms with Gasteiger partial charge in [0.25, 0.3) is 10.0 Å². The van der Waals surface area contributed by atoms with Crippen molar-refractivity contribution in [2.24, 2.45) is 0 Å². The number of benzene rings is 3. The van der Waals surface area contributed by atoms with Gasteiger partial charge in [0.1, 0.15) is 18.1 Å². The molecule has 0 saturated heterocycles. The first-order valence-electron chi connectivity index (χ1n) is 9.49. The molecule has 1 N–H and O–H groups in total. The molecule has 0 atom stereocenters. The Balaban J connectivity index is 1.63. The van der Waals surface area contributed by atoms with Gasteiger partial charge in [-0.1, -0.05) is 12.1 Å². The van der Waals surface area contributed by atoms with Gasteiger partial charge in [-0.2, -0.15) is 0 Å². The minimum atomic E-state index is -4.27. The number of hydrogen-bond acceptors (Lipinski definition) is 6. The summed E-state index contributed by atoms with van der Waals surface area (Å²) in [7, 11) is -2.81. The summed E-state index contributed by atoms with van der Waals surface area (Å²) in [6.07, 6.45) is 0. The van der Waals surface area contributed by atoms with E-state index in [1.54, 1.807) is 18.2 Å². The van der Waals surface area contributed by atoms with Crippen LogP contribution in [0.15, 0.2) is 71.6 Å². The molecule has 0 unspecified atom stereocenters. The molecule has 3 aromatic carbocycles. The van der Waals surface area contributed by atoms with E-state index in [0.717, 1.165) is 10.4 Å². The Morgan fingerprint density at radius 1 is 1.06 bits per heavy atom. The Bertz CT molecular complexity index is 1250. The molecule has 1 aliphatic rings. The number of rotatable bonds is 7. The number of hydrogen-bond donors (Lipinski definition) is 1. The molecule has 0 aromatic heterocycles. The van der Waals surface area contributed by atoms with E-state index in [0.29, 0.717) is 22.9 Å². The molecule has 166 valence electrons. The molecule has 0 bridgehead atoms. The molecule has 0 fully saturated rings. The van der Waals surface area contributed by atoms with Gasteiger partial charge in [0, 0.05) is 11.8 Å². The van der Waals surface area contributed by atoms with Crippen LogP contribution in [0.2, 0.25) is 0 Å². The minimum Gasteiger partial charge on any atom is -0.497 e. The van der Waals surface area contributed by atoms with Crippen molar-refractivity contribution in [2.75, 3.05) is 30.1 Å². The van der Waals surface area contributed by atoms with E-state index in [-0.39, 0.29) is 17.4 Å². The molecule has 1 heterocycles. The standard InChI is InChI=1S/C22H19FN2O6S/c1-29-16-7-9-17(10-8-16)32(27,28)25(19-5-3-2-4-18(19)23)13-22(26)24-15-6-11-20-21(12-15)31-14-30-20/h2-12H,13-14H2,1H3,(H,24,26). The van der Waals surface area contributed by atoms with Crippen LogP contribution in [-0.4, -0.2) is 34.8 Å². The van der Waals surface area contributed by atoms with Gasteiger partial charge in [-0.3, -0.25) is 9.10 Å². The fourth-order valence-electron chi connectivity index (χ4n) is 3.13. The van der Waals surface area contributed by atoms with E-state index in [1.807, 2.05) is 0 Å². The van der Waals surface area contributed by atoms with E-state index >= 15 is 0 Å². The molecule has 32 heavy (non-hydrogen) atoms. The van der Waals surface area contributed by atoms with E-state index in [1.165, 1.54) is 49.6 Å². The third-order valence-corrected chi connectivity index (χ3v) is 6.49. The molecular weight excluding hydrogens is 439 g/mol. The first kappa shape index (κ1) is 21.4. The summed E-state index contributed by atoms with van der Waals surface area (Å²) in [5.74, 6) is 0.0179. The van der Waals surface area contributed by atoms with Gasteiger partial charge in [0.15, 0.2) is 11.5 Å². The zero-order valence-corrected chi connectivity index (χ0v) is 17.8. The van der Waals surface area contributed by atoms with Crippen LogP contribution in [0.4, 0.5) is 15.8 Å². The van der Waals surface area contributed by atoms with Crippen molar-refractivity contribution in [1.29, 1.82) is 0 Å². The molecule has 1 aliphatic heterocycles. The second-order valence-electron chi connectivity index (χ2n) is 6.75. The summed E-state index contributed by atoms with van der Waals surface area (Å²) < 4.78 is 57.5. The van der Waals surface area contributed by atoms with Crippen LogP contribution in [0.5, 0.6) is 17.2 Å². The number of fused-ring (bicyclic) bond motifs is 1. The molecule has 0 saturated carbocycles. The highest BCUT2D eigenvalue weighted by molar-refractivity contribution is 7.92. The van der Waals surface area contributed by atoms with Gasteiger partial charge in [-0.05, 0) is 48.5 Å². The number of halogens is 1. The predicted molar refractivity (Wildman–Crippen MR) is 115 cm³/mol. The lowest BCUT2D eigenvalue weighted by molar-refractivity contribution is -0.114. The van der Waals surface area contributed by atoms with Crippen molar-refractivity contribution in [2.45, 2.75) is 4.90 Å². The highest BCUT2D eigenvalue weighted by atomic mass is 32.2. The summed E-state index contributed by atoms with van der Waals surface area (Å²) in [6.45, 7) is -0.572. The number of carbonyl (C=O) groups excluding carboxylic acids is 1. The predicted octanol–water partition coefficient (Wildman–Crippen LogP) is 3.40. The number of nitrogens with one attached hydrogen (secondary N) is 1. The molecule has 0 aliphatic carbocycles. The van der Waals surface area contributed by atoms with Gasteiger partial charge in [0.05, 0.1) is 17.7 Å². The number of anilines is 2. The first-order chi connectivity index (χ1) is 15.4. The Kier molecular flexibility index (Phi) is 5.87. The third kappa shape index (κ3) is 4.30. The molecular formula is C22H19FN2O6S. The SMILES string of the molecule is COc1ccc(S(=O)(=O)N(CC(=O)Nc2ccc3c(c2)OCO3)c2ccccc2F)cc1. The van der Waals surface area contributed by atoms with Gasteiger partial charge in [-0.15, -0.1) is 0 Å². The van der Waals surface area contributed by atoms with Crippen molar-refractivity contribution in [3.63, 3.8) is 0 Å². The normalized spacial score (nSPS) is 12.3. The number of nitrogens with zero attached hydrogens (tertiary/aromatic N) is 1. The number of ether oxygens (including phenoxy) is 3. The molecule has 0 spiro atoms. The summed E-state index contributed by atoms with van der Waals surface area (Å²) in [4.78, 5) is 12.6. The van der Waals surface area contributed by atoms with Gasteiger partial charge in [-0.25, -0.2) is 12.8 Å². The fraction of sp³-hybridized carbons (Fsp3) is 0.136. The summed E-state index contributed by atoms with van der Waals surface area (Å²) in [6, 6.07) is 15.7. The maximum absolute atomic E-state index is 14.5. The summed E-state index contributed by atoms with van der Waals surface area (Å²) in [5, 5.41) is 2.61. The molecule has 1 amide bonds. The van der Waals surface area contributed by atoms with Crippen molar-refractivity contribution in [1.82, 2.24) is 0 Å². The number of methoxy groups -OCH3 is 1. The number of amides is 1. The molecule has 4 rings (SSSR count). The maximum atomic E-state index is 14.5. The van der Waals surface area contributed by atoms with Gasteiger partial charge < -0.3 is 19.5 Å². The topological polar surface area (TPSA) is 94.2 Å². The van der Waals surface area contributed by atoms with Gasteiger partial charge in [0.2, 0.25) is 12.7 Å². The maximum Gasteiger partial charge on any atom is 0.264 e. The second kappa shape index (κ2) is 8.75. The highest BCUT2D eigenvalue weighted by Crippen LogP contribution is 2.34. The van der Waals surface area contributed by atoms with Crippen LogP contribution in [0.1, 0.15) is 0 Å². The Morgan fingerprint density at radius 2 is 1.78 bits per heavy atom. The molecule has 8 nitrogen and oxygen atoms in total. The largest absolute Gasteiger partial charge is 0.497 e. The average Bonchev–Trinajstić information content (AvgIpc) is 3.26. The van der Waals surface area contributed by atoms with Crippen molar-refractivity contribution in [3.05, 3.63) is 72.5 Å². The summed E-state index contributed by atoms with van der Waals surface area (Å²) >= 11 is 0.